The van der Waals surface area contributed by atoms with Crippen molar-refractivity contribution in [2.75, 3.05) is 6.54 Å². The first kappa shape index (κ1) is 18.6. The zero-order valence-electron chi connectivity index (χ0n) is 14.0. The van der Waals surface area contributed by atoms with E-state index >= 15 is 0 Å². The molecule has 3 unspecified atom stereocenters. The summed E-state index contributed by atoms with van der Waals surface area (Å²) in [5.74, 6) is 1.67. The van der Waals surface area contributed by atoms with Crippen LogP contribution in [0.15, 0.2) is 12.2 Å². The van der Waals surface area contributed by atoms with E-state index in [0.29, 0.717) is 6.04 Å². The second-order valence-corrected chi connectivity index (χ2v) is 6.33. The molecule has 0 heterocycles. The van der Waals surface area contributed by atoms with Gasteiger partial charge in [-0.15, -0.1) is 6.58 Å². The molecule has 0 aromatic rings. The molecular weight excluding hydrogens is 230 g/mol. The van der Waals surface area contributed by atoms with Crippen LogP contribution in [0.4, 0.5) is 0 Å². The number of hydrogen-bond acceptors (Lipinski definition) is 1. The smallest absolute Gasteiger partial charge is 0.0875 e. The van der Waals surface area contributed by atoms with Crippen LogP contribution in [0.5, 0.6) is 0 Å². The fraction of sp³-hybridized carbons (Fsp3) is 0.833. The molecular formula is C18H36N+. The molecule has 1 nitrogen and oxygen atoms in total. The van der Waals surface area contributed by atoms with E-state index in [4.69, 9.17) is 0 Å². The van der Waals surface area contributed by atoms with Crippen molar-refractivity contribution in [1.29, 1.82) is 0 Å². The summed E-state index contributed by atoms with van der Waals surface area (Å²) >= 11 is 0. The summed E-state index contributed by atoms with van der Waals surface area (Å²) in [6, 6.07) is 0.632. The van der Waals surface area contributed by atoms with Crippen LogP contribution in [0.3, 0.4) is 0 Å². The van der Waals surface area contributed by atoms with E-state index in [1.54, 1.807) is 0 Å². The molecule has 0 saturated carbocycles. The Morgan fingerprint density at radius 2 is 1.95 bits per heavy atom. The highest BCUT2D eigenvalue weighted by atomic mass is 14.9. The Bertz CT molecular complexity index is 222. The van der Waals surface area contributed by atoms with Crippen LogP contribution in [0.2, 0.25) is 0 Å². The van der Waals surface area contributed by atoms with Gasteiger partial charge in [0.15, 0.2) is 0 Å². The zero-order valence-corrected chi connectivity index (χ0v) is 14.0. The normalized spacial score (nSPS) is 15.8. The van der Waals surface area contributed by atoms with E-state index in [1.165, 1.54) is 37.7 Å². The summed E-state index contributed by atoms with van der Waals surface area (Å²) in [5, 5.41) is 3.69. The third-order valence-corrected chi connectivity index (χ3v) is 4.04. The quantitative estimate of drug-likeness (QED) is 0.369. The summed E-state index contributed by atoms with van der Waals surface area (Å²) < 4.78 is 0. The Morgan fingerprint density at radius 3 is 2.47 bits per heavy atom. The van der Waals surface area contributed by atoms with Crippen LogP contribution in [-0.4, -0.2) is 12.6 Å². The van der Waals surface area contributed by atoms with Crippen LogP contribution in [0, 0.1) is 18.3 Å². The monoisotopic (exact) mass is 266 g/mol. The van der Waals surface area contributed by atoms with Gasteiger partial charge in [0.25, 0.3) is 0 Å². The number of nitrogens with one attached hydrogen (secondary N) is 1. The molecule has 1 N–H and O–H groups in total. The van der Waals surface area contributed by atoms with Gasteiger partial charge in [0.1, 0.15) is 0 Å². The fourth-order valence-corrected chi connectivity index (χ4v) is 2.71. The van der Waals surface area contributed by atoms with Gasteiger partial charge in [0.05, 0.1) is 19.8 Å². The summed E-state index contributed by atoms with van der Waals surface area (Å²) in [6.45, 7) is 16.4. The predicted octanol–water partition coefficient (Wildman–Crippen LogP) is 5.38. The maximum absolute atomic E-state index is 3.97. The molecule has 0 saturated heterocycles. The largest absolute Gasteiger partial charge is 0.314 e. The Morgan fingerprint density at radius 1 is 1.26 bits per heavy atom. The van der Waals surface area contributed by atoms with Crippen LogP contribution >= 0.6 is 0 Å². The van der Waals surface area contributed by atoms with Crippen molar-refractivity contribution in [2.45, 2.75) is 79.2 Å². The van der Waals surface area contributed by atoms with E-state index in [1.807, 2.05) is 0 Å². The van der Waals surface area contributed by atoms with Gasteiger partial charge in [-0.2, -0.15) is 0 Å². The third-order valence-electron chi connectivity index (χ3n) is 4.04. The van der Waals surface area contributed by atoms with Crippen molar-refractivity contribution in [3.63, 3.8) is 0 Å². The first-order valence-corrected chi connectivity index (χ1v) is 8.16. The second-order valence-electron chi connectivity index (χ2n) is 6.33. The SMILES string of the molecule is C=C(C)CCNC(C)C(CCC)CC(C)CC[CH+]C. The van der Waals surface area contributed by atoms with Gasteiger partial charge in [-0.3, -0.25) is 0 Å². The number of hydrogen-bond donors (Lipinski definition) is 1. The molecule has 0 radical (unpaired) electrons. The number of rotatable bonds is 12. The standard InChI is InChI=1S/C18H36N/c1-7-9-11-16(5)14-18(10-8-2)17(6)19-13-12-15(3)4/h7,16-19H,3,8-14H2,1-2,4-6H3/q+1. The van der Waals surface area contributed by atoms with E-state index in [0.717, 1.165) is 24.8 Å². The molecule has 0 aliphatic rings. The highest BCUT2D eigenvalue weighted by Crippen LogP contribution is 2.24. The van der Waals surface area contributed by atoms with Gasteiger partial charge in [-0.1, -0.05) is 25.8 Å². The molecule has 0 rings (SSSR count). The lowest BCUT2D eigenvalue weighted by atomic mass is 9.85. The minimum absolute atomic E-state index is 0.632. The van der Waals surface area contributed by atoms with Crippen LogP contribution in [0.25, 0.3) is 0 Å². The maximum Gasteiger partial charge on any atom is 0.0875 e. The minimum Gasteiger partial charge on any atom is -0.314 e. The average Bonchev–Trinajstić information content (AvgIpc) is 2.35. The molecule has 0 bridgehead atoms. The topological polar surface area (TPSA) is 12.0 Å². The van der Waals surface area contributed by atoms with Crippen molar-refractivity contribution in [3.05, 3.63) is 18.6 Å². The van der Waals surface area contributed by atoms with Crippen molar-refractivity contribution in [1.82, 2.24) is 5.32 Å². The molecule has 0 aliphatic heterocycles. The van der Waals surface area contributed by atoms with Crippen molar-refractivity contribution in [2.24, 2.45) is 11.8 Å². The molecule has 112 valence electrons. The molecule has 0 amide bonds. The lowest BCUT2D eigenvalue weighted by Gasteiger charge is -2.27. The lowest BCUT2D eigenvalue weighted by molar-refractivity contribution is 0.283. The van der Waals surface area contributed by atoms with Crippen molar-refractivity contribution >= 4 is 0 Å². The van der Waals surface area contributed by atoms with E-state index in [2.05, 4.69) is 52.9 Å². The Balaban J connectivity index is 4.09. The molecule has 0 fully saturated rings. The maximum atomic E-state index is 3.97. The second kappa shape index (κ2) is 11.4. The molecule has 0 aromatic heterocycles. The lowest BCUT2D eigenvalue weighted by Crippen LogP contribution is -2.35. The predicted molar refractivity (Wildman–Crippen MR) is 88.3 cm³/mol. The van der Waals surface area contributed by atoms with Crippen molar-refractivity contribution < 1.29 is 0 Å². The highest BCUT2D eigenvalue weighted by molar-refractivity contribution is 4.89. The summed E-state index contributed by atoms with van der Waals surface area (Å²) in [6.07, 6.45) is 10.0. The first-order valence-electron chi connectivity index (χ1n) is 8.16. The molecule has 0 spiro atoms. The number of unbranched alkanes of at least 4 members (excludes halogenated alkanes) is 1. The van der Waals surface area contributed by atoms with Gasteiger partial charge >= 0.3 is 0 Å². The minimum atomic E-state index is 0.632. The Kier molecular flexibility index (Phi) is 11.1. The van der Waals surface area contributed by atoms with Gasteiger partial charge in [0.2, 0.25) is 0 Å². The van der Waals surface area contributed by atoms with Gasteiger partial charge in [-0.05, 0) is 57.9 Å². The molecule has 19 heavy (non-hydrogen) atoms. The van der Waals surface area contributed by atoms with Crippen molar-refractivity contribution in [3.8, 4) is 0 Å². The molecule has 0 aromatic carbocycles. The summed E-state index contributed by atoms with van der Waals surface area (Å²) in [7, 11) is 0. The Labute approximate surface area is 122 Å². The molecule has 1 heteroatoms. The van der Waals surface area contributed by atoms with Gasteiger partial charge in [-0.25, -0.2) is 0 Å². The summed E-state index contributed by atoms with van der Waals surface area (Å²) in [5.41, 5.74) is 1.28. The van der Waals surface area contributed by atoms with E-state index in [-0.39, 0.29) is 0 Å². The van der Waals surface area contributed by atoms with Crippen LogP contribution in [-0.2, 0) is 0 Å². The summed E-state index contributed by atoms with van der Waals surface area (Å²) in [4.78, 5) is 0. The molecule has 3 atom stereocenters. The van der Waals surface area contributed by atoms with Crippen LogP contribution < -0.4 is 5.32 Å². The zero-order chi connectivity index (χ0) is 14.7. The van der Waals surface area contributed by atoms with Crippen LogP contribution in [0.1, 0.15) is 73.1 Å². The van der Waals surface area contributed by atoms with Gasteiger partial charge < -0.3 is 5.32 Å². The van der Waals surface area contributed by atoms with E-state index in [9.17, 15) is 0 Å². The fourth-order valence-electron chi connectivity index (χ4n) is 2.71. The average molecular weight is 266 g/mol. The Hall–Kier alpha value is -0.430. The van der Waals surface area contributed by atoms with E-state index < -0.39 is 0 Å². The van der Waals surface area contributed by atoms with Gasteiger partial charge in [0, 0.05) is 6.04 Å². The highest BCUT2D eigenvalue weighted by Gasteiger charge is 2.19. The molecule has 0 aliphatic carbocycles. The first-order chi connectivity index (χ1) is 9.01. The third kappa shape index (κ3) is 10.1.